The van der Waals surface area contributed by atoms with Crippen molar-refractivity contribution in [3.05, 3.63) is 65.2 Å². The summed E-state index contributed by atoms with van der Waals surface area (Å²) in [6.07, 6.45) is 2.79. The first-order valence-corrected chi connectivity index (χ1v) is 9.52. The molecule has 0 aromatic heterocycles. The Kier molecular flexibility index (Phi) is 4.56. The van der Waals surface area contributed by atoms with Gasteiger partial charge in [0.1, 0.15) is 0 Å². The fourth-order valence-electron chi connectivity index (χ4n) is 3.30. The average Bonchev–Trinajstić information content (AvgIpc) is 2.60. The normalized spacial score (nSPS) is 17.5. The Hall–Kier alpha value is -1.98. The highest BCUT2D eigenvalue weighted by molar-refractivity contribution is 7.89. The van der Waals surface area contributed by atoms with E-state index in [1.165, 1.54) is 28.9 Å². The van der Waals surface area contributed by atoms with Crippen LogP contribution in [0.5, 0.6) is 0 Å². The summed E-state index contributed by atoms with van der Waals surface area (Å²) in [5.74, 6) is -0.0755. The number of fused-ring (bicyclic) bond motifs is 1. The summed E-state index contributed by atoms with van der Waals surface area (Å²) in [6, 6.07) is 14.1. The fraction of sp³-hybridized carbons (Fsp3) is 0.316. The van der Waals surface area contributed by atoms with Crippen LogP contribution in [0.2, 0.25) is 0 Å². The summed E-state index contributed by atoms with van der Waals surface area (Å²) in [5, 5.41) is 0. The van der Waals surface area contributed by atoms with Gasteiger partial charge in [0.2, 0.25) is 10.0 Å². The number of hydrogen-bond acceptors (Lipinski definition) is 3. The smallest absolute Gasteiger partial charge is 0.243 e. The third-order valence-electron chi connectivity index (χ3n) is 4.71. The molecule has 4 nitrogen and oxygen atoms in total. The first-order chi connectivity index (χ1) is 11.4. The van der Waals surface area contributed by atoms with Gasteiger partial charge in [-0.15, -0.1) is 0 Å². The van der Waals surface area contributed by atoms with E-state index in [-0.39, 0.29) is 16.7 Å². The summed E-state index contributed by atoms with van der Waals surface area (Å²) in [7, 11) is -1.96. The van der Waals surface area contributed by atoms with Gasteiger partial charge in [-0.25, -0.2) is 8.42 Å². The van der Waals surface area contributed by atoms with Crippen LogP contribution >= 0.6 is 0 Å². The van der Waals surface area contributed by atoms with E-state index in [2.05, 4.69) is 6.07 Å². The number of nitrogens with zero attached hydrogens (tertiary/aromatic N) is 1. The number of ketones is 1. The second-order valence-electron chi connectivity index (χ2n) is 6.21. The van der Waals surface area contributed by atoms with Crippen molar-refractivity contribution >= 4 is 15.8 Å². The van der Waals surface area contributed by atoms with Crippen molar-refractivity contribution in [3.63, 3.8) is 0 Å². The number of sulfonamides is 1. The molecule has 0 N–H and O–H groups in total. The van der Waals surface area contributed by atoms with Gasteiger partial charge in [0.05, 0.1) is 4.90 Å². The fourth-order valence-corrected chi connectivity index (χ4v) is 4.67. The predicted molar refractivity (Wildman–Crippen MR) is 93.5 cm³/mol. The van der Waals surface area contributed by atoms with Crippen LogP contribution in [0, 0.1) is 0 Å². The molecule has 3 rings (SSSR count). The molecule has 0 aliphatic heterocycles. The van der Waals surface area contributed by atoms with E-state index < -0.39 is 10.0 Å². The molecule has 1 unspecified atom stereocenters. The Bertz CT molecular complexity index is 856. The van der Waals surface area contributed by atoms with Crippen LogP contribution in [-0.2, 0) is 16.4 Å². The highest BCUT2D eigenvalue weighted by Gasteiger charge is 2.31. The SMILES string of the molecule is CC(=O)c1ccc(S(=O)(=O)N(C)C2CCCc3ccccc32)cc1. The van der Waals surface area contributed by atoms with Gasteiger partial charge in [-0.05, 0) is 49.4 Å². The van der Waals surface area contributed by atoms with Crippen molar-refractivity contribution < 1.29 is 13.2 Å². The van der Waals surface area contributed by atoms with Crippen molar-refractivity contribution in [2.24, 2.45) is 0 Å². The third-order valence-corrected chi connectivity index (χ3v) is 6.60. The van der Waals surface area contributed by atoms with Gasteiger partial charge in [0.25, 0.3) is 0 Å². The molecule has 0 saturated heterocycles. The molecule has 0 bridgehead atoms. The van der Waals surface area contributed by atoms with Gasteiger partial charge < -0.3 is 0 Å². The van der Waals surface area contributed by atoms with E-state index >= 15 is 0 Å². The molecule has 1 aliphatic rings. The van der Waals surface area contributed by atoms with Gasteiger partial charge >= 0.3 is 0 Å². The largest absolute Gasteiger partial charge is 0.295 e. The second kappa shape index (κ2) is 6.49. The maximum atomic E-state index is 13.0. The summed E-state index contributed by atoms with van der Waals surface area (Å²) >= 11 is 0. The number of aryl methyl sites for hydroxylation is 1. The van der Waals surface area contributed by atoms with E-state index in [4.69, 9.17) is 0 Å². The number of carbonyl (C=O) groups excluding carboxylic acids is 1. The Morgan fingerprint density at radius 1 is 1.08 bits per heavy atom. The molecule has 5 heteroatoms. The molecule has 24 heavy (non-hydrogen) atoms. The summed E-state index contributed by atoms with van der Waals surface area (Å²) in [6.45, 7) is 1.47. The monoisotopic (exact) mass is 343 g/mol. The maximum Gasteiger partial charge on any atom is 0.243 e. The van der Waals surface area contributed by atoms with E-state index in [1.54, 1.807) is 19.2 Å². The Labute approximate surface area is 143 Å². The Balaban J connectivity index is 1.94. The van der Waals surface area contributed by atoms with Crippen LogP contribution in [0.4, 0.5) is 0 Å². The van der Waals surface area contributed by atoms with Gasteiger partial charge in [-0.2, -0.15) is 4.31 Å². The zero-order valence-corrected chi connectivity index (χ0v) is 14.7. The van der Waals surface area contributed by atoms with Crippen molar-refractivity contribution in [3.8, 4) is 0 Å². The van der Waals surface area contributed by atoms with Crippen LogP contribution in [0.1, 0.15) is 47.3 Å². The molecule has 0 fully saturated rings. The molecule has 0 spiro atoms. The first-order valence-electron chi connectivity index (χ1n) is 8.08. The van der Waals surface area contributed by atoms with Gasteiger partial charge in [0.15, 0.2) is 5.78 Å². The topological polar surface area (TPSA) is 54.5 Å². The van der Waals surface area contributed by atoms with E-state index in [9.17, 15) is 13.2 Å². The molecule has 0 saturated carbocycles. The lowest BCUT2D eigenvalue weighted by atomic mass is 9.88. The van der Waals surface area contributed by atoms with Crippen LogP contribution in [-0.4, -0.2) is 25.6 Å². The Morgan fingerprint density at radius 2 is 1.75 bits per heavy atom. The molecular weight excluding hydrogens is 322 g/mol. The molecule has 2 aromatic carbocycles. The number of benzene rings is 2. The van der Waals surface area contributed by atoms with E-state index in [0.29, 0.717) is 5.56 Å². The first kappa shape index (κ1) is 16.9. The van der Waals surface area contributed by atoms with Crippen LogP contribution in [0.3, 0.4) is 0 Å². The van der Waals surface area contributed by atoms with Gasteiger partial charge in [-0.3, -0.25) is 4.79 Å². The predicted octanol–water partition coefficient (Wildman–Crippen LogP) is 3.59. The van der Waals surface area contributed by atoms with Gasteiger partial charge in [0, 0.05) is 18.7 Å². The quantitative estimate of drug-likeness (QED) is 0.797. The van der Waals surface area contributed by atoms with Crippen LogP contribution in [0.25, 0.3) is 0 Å². The number of carbonyl (C=O) groups is 1. The maximum absolute atomic E-state index is 13.0. The van der Waals surface area contributed by atoms with E-state index in [0.717, 1.165) is 24.8 Å². The summed E-state index contributed by atoms with van der Waals surface area (Å²) in [5.41, 5.74) is 2.83. The minimum atomic E-state index is -3.60. The zero-order valence-electron chi connectivity index (χ0n) is 13.9. The number of Topliss-reactive ketones (excluding diaryl/α,β-unsaturated/α-hetero) is 1. The van der Waals surface area contributed by atoms with Gasteiger partial charge in [-0.1, -0.05) is 36.4 Å². The highest BCUT2D eigenvalue weighted by Crippen LogP contribution is 2.36. The summed E-state index contributed by atoms with van der Waals surface area (Å²) < 4.78 is 27.4. The zero-order chi connectivity index (χ0) is 17.3. The van der Waals surface area contributed by atoms with Crippen LogP contribution in [0.15, 0.2) is 53.4 Å². The molecular formula is C19H21NO3S. The molecule has 0 radical (unpaired) electrons. The molecule has 0 amide bonds. The lowest BCUT2D eigenvalue weighted by Gasteiger charge is -2.32. The van der Waals surface area contributed by atoms with Crippen molar-refractivity contribution in [2.45, 2.75) is 37.1 Å². The molecule has 1 aliphatic carbocycles. The standard InChI is InChI=1S/C19H21NO3S/c1-14(21)15-10-12-17(13-11-15)24(22,23)20(2)19-9-5-7-16-6-3-4-8-18(16)19/h3-4,6,8,10-13,19H,5,7,9H2,1-2H3. The second-order valence-corrected chi connectivity index (χ2v) is 8.21. The number of hydrogen-bond donors (Lipinski definition) is 0. The van der Waals surface area contributed by atoms with Crippen molar-refractivity contribution in [1.29, 1.82) is 0 Å². The van der Waals surface area contributed by atoms with Crippen LogP contribution < -0.4 is 0 Å². The highest BCUT2D eigenvalue weighted by atomic mass is 32.2. The summed E-state index contributed by atoms with van der Waals surface area (Å²) in [4.78, 5) is 11.6. The Morgan fingerprint density at radius 3 is 2.42 bits per heavy atom. The average molecular weight is 343 g/mol. The molecule has 1 atom stereocenters. The minimum Gasteiger partial charge on any atom is -0.295 e. The minimum absolute atomic E-state index is 0.0755. The van der Waals surface area contributed by atoms with E-state index in [1.807, 2.05) is 18.2 Å². The van der Waals surface area contributed by atoms with Crippen molar-refractivity contribution in [1.82, 2.24) is 4.31 Å². The van der Waals surface area contributed by atoms with Crippen molar-refractivity contribution in [2.75, 3.05) is 7.05 Å². The lowest BCUT2D eigenvalue weighted by Crippen LogP contribution is -2.33. The molecule has 2 aromatic rings. The number of rotatable bonds is 4. The molecule has 126 valence electrons. The third kappa shape index (κ3) is 3.01. The lowest BCUT2D eigenvalue weighted by molar-refractivity contribution is 0.101. The molecule has 0 heterocycles.